The number of rotatable bonds is 6. The van der Waals surface area contributed by atoms with E-state index in [0.717, 1.165) is 41.9 Å². The van der Waals surface area contributed by atoms with Crippen LogP contribution in [0.4, 0.5) is 0 Å². The molecule has 0 saturated heterocycles. The van der Waals surface area contributed by atoms with Gasteiger partial charge in [0.1, 0.15) is 0 Å². The number of fused-ring (bicyclic) bond motifs is 6. The van der Waals surface area contributed by atoms with Crippen LogP contribution in [0.5, 0.6) is 0 Å². The topological polar surface area (TPSA) is 22.8 Å². The van der Waals surface area contributed by atoms with Gasteiger partial charge in [-0.2, -0.15) is 0 Å². The van der Waals surface area contributed by atoms with Gasteiger partial charge >= 0.3 is 0 Å². The average molecular weight is 718 g/mol. The van der Waals surface area contributed by atoms with Gasteiger partial charge in [-0.25, -0.2) is 0 Å². The monoisotopic (exact) mass is 717 g/mol. The van der Waals surface area contributed by atoms with Crippen molar-refractivity contribution in [1.29, 1.82) is 0 Å². The summed E-state index contributed by atoms with van der Waals surface area (Å²) >= 11 is 0. The molecule has 0 spiro atoms. The molecule has 0 amide bonds. The summed E-state index contributed by atoms with van der Waals surface area (Å²) < 4.78 is 4.89. The van der Waals surface area contributed by atoms with Crippen molar-refractivity contribution in [3.8, 4) is 39.2 Å². The smallest absolute Gasteiger partial charge is 0.0711 e. The van der Waals surface area contributed by atoms with Crippen molar-refractivity contribution in [1.82, 2.24) is 14.1 Å². The molecule has 0 fully saturated rings. The minimum absolute atomic E-state index is 0.263. The van der Waals surface area contributed by atoms with Crippen molar-refractivity contribution < 1.29 is 0 Å². The van der Waals surface area contributed by atoms with E-state index < -0.39 is 0 Å². The van der Waals surface area contributed by atoms with Crippen LogP contribution in [-0.4, -0.2) is 14.1 Å². The molecule has 0 aliphatic heterocycles. The molecular weight excluding hydrogens is 679 g/mol. The van der Waals surface area contributed by atoms with Gasteiger partial charge in [-0.05, 0) is 102 Å². The Bertz CT molecular complexity index is 3090. The molecule has 9 aromatic rings. The molecule has 6 aromatic carbocycles. The molecule has 1 atom stereocenters. The highest BCUT2D eigenvalue weighted by Crippen LogP contribution is 2.39. The highest BCUT2D eigenvalue weighted by atomic mass is 15.0. The van der Waals surface area contributed by atoms with E-state index in [2.05, 4.69) is 203 Å². The first-order valence-corrected chi connectivity index (χ1v) is 19.7. The highest BCUT2D eigenvalue weighted by molar-refractivity contribution is 6.13. The molecule has 3 heteroatoms. The third-order valence-electron chi connectivity index (χ3n) is 11.7. The molecule has 0 N–H and O–H groups in total. The lowest BCUT2D eigenvalue weighted by Gasteiger charge is -2.16. The Morgan fingerprint density at radius 3 is 1.95 bits per heavy atom. The minimum atomic E-state index is 0.263. The Hall–Kier alpha value is -6.97. The maximum atomic E-state index is 5.17. The van der Waals surface area contributed by atoms with E-state index in [0.29, 0.717) is 0 Å². The van der Waals surface area contributed by atoms with Gasteiger partial charge in [0, 0.05) is 50.1 Å². The number of hydrogen-bond acceptors (Lipinski definition) is 1. The Balaban J connectivity index is 1.02. The van der Waals surface area contributed by atoms with E-state index >= 15 is 0 Å². The summed E-state index contributed by atoms with van der Waals surface area (Å²) in [6, 6.07) is 55.7. The lowest BCUT2D eigenvalue weighted by Crippen LogP contribution is -2.02. The van der Waals surface area contributed by atoms with Crippen LogP contribution in [0.1, 0.15) is 30.9 Å². The lowest BCUT2D eigenvalue weighted by molar-refractivity contribution is 0.818. The predicted molar refractivity (Wildman–Crippen MR) is 236 cm³/mol. The molecule has 266 valence electrons. The van der Waals surface area contributed by atoms with Gasteiger partial charge in [0.2, 0.25) is 0 Å². The highest BCUT2D eigenvalue weighted by Gasteiger charge is 2.18. The second-order valence-electron chi connectivity index (χ2n) is 15.0. The van der Waals surface area contributed by atoms with Crippen molar-refractivity contribution in [3.05, 3.63) is 200 Å². The molecule has 0 bridgehead atoms. The fraction of sp³-hybridized carbons (Fsp3) is 0.0755. The number of benzene rings is 6. The van der Waals surface area contributed by atoms with Crippen molar-refractivity contribution in [3.63, 3.8) is 0 Å². The third-order valence-corrected chi connectivity index (χ3v) is 11.7. The van der Waals surface area contributed by atoms with E-state index in [1.807, 2.05) is 0 Å². The van der Waals surface area contributed by atoms with E-state index in [9.17, 15) is 0 Å². The molecule has 56 heavy (non-hydrogen) atoms. The molecule has 3 aromatic heterocycles. The van der Waals surface area contributed by atoms with E-state index in [-0.39, 0.29) is 5.92 Å². The summed E-state index contributed by atoms with van der Waals surface area (Å²) in [6.45, 7) is 0. The first kappa shape index (κ1) is 32.5. The first-order valence-electron chi connectivity index (χ1n) is 19.7. The Morgan fingerprint density at radius 2 is 1.16 bits per heavy atom. The molecule has 0 radical (unpaired) electrons. The van der Waals surface area contributed by atoms with Gasteiger partial charge in [-0.3, -0.25) is 4.98 Å². The second kappa shape index (κ2) is 13.4. The molecule has 2 aliphatic rings. The quantitative estimate of drug-likeness (QED) is 0.168. The van der Waals surface area contributed by atoms with Crippen LogP contribution in [0.25, 0.3) is 88.5 Å². The van der Waals surface area contributed by atoms with Gasteiger partial charge in [0.25, 0.3) is 0 Å². The molecule has 3 nitrogen and oxygen atoms in total. The van der Waals surface area contributed by atoms with Crippen molar-refractivity contribution in [2.75, 3.05) is 0 Å². The van der Waals surface area contributed by atoms with Crippen LogP contribution in [0.3, 0.4) is 0 Å². The van der Waals surface area contributed by atoms with E-state index in [1.165, 1.54) is 71.6 Å². The number of nitrogens with zero attached hydrogens (tertiary/aromatic N) is 3. The molecular formula is C53H39N3. The van der Waals surface area contributed by atoms with Crippen molar-refractivity contribution in [2.24, 2.45) is 0 Å². The van der Waals surface area contributed by atoms with Gasteiger partial charge in [-0.15, -0.1) is 0 Å². The number of allylic oxidation sites excluding steroid dienone is 8. The summed E-state index contributed by atoms with van der Waals surface area (Å²) in [5.41, 5.74) is 15.5. The number of pyridine rings is 1. The summed E-state index contributed by atoms with van der Waals surface area (Å²) in [6.07, 6.45) is 18.6. The molecule has 3 heterocycles. The molecule has 11 rings (SSSR count). The van der Waals surface area contributed by atoms with Crippen LogP contribution >= 0.6 is 0 Å². The van der Waals surface area contributed by atoms with Crippen LogP contribution in [0.2, 0.25) is 0 Å². The van der Waals surface area contributed by atoms with Crippen LogP contribution in [-0.2, 0) is 0 Å². The van der Waals surface area contributed by atoms with Crippen molar-refractivity contribution >= 4 is 49.3 Å². The zero-order chi connectivity index (χ0) is 37.0. The fourth-order valence-electron chi connectivity index (χ4n) is 8.93. The normalized spacial score (nSPS) is 15.4. The second-order valence-corrected chi connectivity index (χ2v) is 15.0. The largest absolute Gasteiger partial charge is 0.313 e. The molecule has 1 unspecified atom stereocenters. The predicted octanol–water partition coefficient (Wildman–Crippen LogP) is 14.1. The summed E-state index contributed by atoms with van der Waals surface area (Å²) in [5.74, 6) is 0.263. The van der Waals surface area contributed by atoms with Gasteiger partial charge in [0.05, 0.1) is 27.8 Å². The van der Waals surface area contributed by atoms with Gasteiger partial charge < -0.3 is 9.13 Å². The van der Waals surface area contributed by atoms with Gasteiger partial charge in [0.15, 0.2) is 0 Å². The van der Waals surface area contributed by atoms with Crippen LogP contribution in [0.15, 0.2) is 194 Å². The van der Waals surface area contributed by atoms with Crippen LogP contribution < -0.4 is 0 Å². The standard InChI is InChI=1S/C53H39N3/c1-4-14-37(15-5-1)48-33-41(34-49(54-48)38-16-6-2-7-17-38)36-24-28-43(29-25-36)56-50-22-12-10-20-44(50)46-30-26-40(35-53(46)56)39-27-31-52-47(32-39)45-21-11-13-23-51(45)55(52)42-18-8-3-9-19-42/h1-8,10-16,18,20-35,38H,9,17,19H2. The number of aromatic nitrogens is 3. The molecule has 0 saturated carbocycles. The Morgan fingerprint density at radius 1 is 0.464 bits per heavy atom. The Kier molecular flexibility index (Phi) is 7.77. The SMILES string of the molecule is C1=CCCC(n2c3ccccc3c3cc(-c4ccc5c6ccccc6n(-c6ccc(-c7cc(-c8ccccc8)nc(C8C=CC=CC8)c7)cc6)c5c4)ccc32)=C1. The van der Waals surface area contributed by atoms with Gasteiger partial charge in [-0.1, -0.05) is 134 Å². The lowest BCUT2D eigenvalue weighted by atomic mass is 9.93. The Labute approximate surface area is 326 Å². The minimum Gasteiger partial charge on any atom is -0.313 e. The van der Waals surface area contributed by atoms with Crippen molar-refractivity contribution in [2.45, 2.75) is 25.2 Å². The third kappa shape index (κ3) is 5.47. The van der Waals surface area contributed by atoms with Crippen LogP contribution in [0, 0.1) is 0 Å². The van der Waals surface area contributed by atoms with E-state index in [1.54, 1.807) is 0 Å². The summed E-state index contributed by atoms with van der Waals surface area (Å²) in [7, 11) is 0. The number of para-hydroxylation sites is 2. The number of hydrogen-bond donors (Lipinski definition) is 0. The fourth-order valence-corrected chi connectivity index (χ4v) is 8.93. The maximum Gasteiger partial charge on any atom is 0.0711 e. The first-order chi connectivity index (χ1) is 27.8. The van der Waals surface area contributed by atoms with E-state index in [4.69, 9.17) is 4.98 Å². The average Bonchev–Trinajstić information content (AvgIpc) is 3.79. The zero-order valence-electron chi connectivity index (χ0n) is 31.0. The molecule has 2 aliphatic carbocycles. The summed E-state index contributed by atoms with van der Waals surface area (Å²) in [4.78, 5) is 5.17. The zero-order valence-corrected chi connectivity index (χ0v) is 31.0. The summed E-state index contributed by atoms with van der Waals surface area (Å²) in [5, 5.41) is 5.09. The maximum absolute atomic E-state index is 5.17.